The Morgan fingerprint density at radius 3 is 1.94 bits per heavy atom. The molecule has 0 radical (unpaired) electrons. The molecule has 0 saturated carbocycles. The first kappa shape index (κ1) is 23.6. The molecule has 0 aliphatic carbocycles. The van der Waals surface area contributed by atoms with E-state index >= 15 is 0 Å². The van der Waals surface area contributed by atoms with E-state index < -0.39 is 17.8 Å². The SMILES string of the molecule is COC(=O)c1ccc(C(=O)Nc2ccc(Cl)c(NC(=O)c3ccc(OC)c(OC)c3)c2)cc1. The molecule has 0 aromatic heterocycles. The molecule has 0 heterocycles. The van der Waals surface area contributed by atoms with Crippen molar-refractivity contribution >= 4 is 40.8 Å². The highest BCUT2D eigenvalue weighted by atomic mass is 35.5. The normalized spacial score (nSPS) is 10.2. The van der Waals surface area contributed by atoms with Crippen LogP contribution in [0, 0.1) is 0 Å². The lowest BCUT2D eigenvalue weighted by atomic mass is 10.1. The van der Waals surface area contributed by atoms with Crippen molar-refractivity contribution in [2.24, 2.45) is 0 Å². The summed E-state index contributed by atoms with van der Waals surface area (Å²) in [5, 5.41) is 5.75. The fourth-order valence-corrected chi connectivity index (χ4v) is 3.11. The third-order valence-corrected chi connectivity index (χ3v) is 5.02. The summed E-state index contributed by atoms with van der Waals surface area (Å²) >= 11 is 6.23. The maximum absolute atomic E-state index is 12.7. The van der Waals surface area contributed by atoms with E-state index in [1.165, 1.54) is 45.6 Å². The molecule has 0 aliphatic rings. The van der Waals surface area contributed by atoms with Crippen molar-refractivity contribution in [3.8, 4) is 11.5 Å². The Morgan fingerprint density at radius 2 is 1.30 bits per heavy atom. The van der Waals surface area contributed by atoms with E-state index in [2.05, 4.69) is 15.4 Å². The van der Waals surface area contributed by atoms with Gasteiger partial charge in [-0.1, -0.05) is 11.6 Å². The lowest BCUT2D eigenvalue weighted by Crippen LogP contribution is -2.14. The van der Waals surface area contributed by atoms with Crippen molar-refractivity contribution in [1.82, 2.24) is 0 Å². The van der Waals surface area contributed by atoms with E-state index in [0.29, 0.717) is 44.6 Å². The van der Waals surface area contributed by atoms with Gasteiger partial charge in [0, 0.05) is 16.8 Å². The Balaban J connectivity index is 1.75. The summed E-state index contributed by atoms with van der Waals surface area (Å²) in [6, 6.07) is 15.5. The molecule has 170 valence electrons. The summed E-state index contributed by atoms with van der Waals surface area (Å²) in [6.07, 6.45) is 0. The van der Waals surface area contributed by atoms with E-state index in [4.69, 9.17) is 21.1 Å². The van der Waals surface area contributed by atoms with Crippen molar-refractivity contribution in [1.29, 1.82) is 0 Å². The molecular weight excluding hydrogens is 448 g/mol. The maximum Gasteiger partial charge on any atom is 0.337 e. The third kappa shape index (κ3) is 5.61. The molecule has 3 rings (SSSR count). The molecule has 3 aromatic rings. The van der Waals surface area contributed by atoms with Crippen molar-refractivity contribution in [3.05, 3.63) is 82.4 Å². The lowest BCUT2D eigenvalue weighted by molar-refractivity contribution is 0.0600. The molecule has 0 atom stereocenters. The van der Waals surface area contributed by atoms with Crippen molar-refractivity contribution in [2.45, 2.75) is 0 Å². The monoisotopic (exact) mass is 468 g/mol. The number of carbonyl (C=O) groups excluding carboxylic acids is 3. The highest BCUT2D eigenvalue weighted by Gasteiger charge is 2.14. The Labute approximate surface area is 195 Å². The summed E-state index contributed by atoms with van der Waals surface area (Å²) in [5.41, 5.74) is 1.75. The van der Waals surface area contributed by atoms with Gasteiger partial charge in [-0.05, 0) is 60.7 Å². The van der Waals surface area contributed by atoms with Crippen LogP contribution in [0.2, 0.25) is 5.02 Å². The van der Waals surface area contributed by atoms with Crippen LogP contribution in [-0.4, -0.2) is 39.1 Å². The predicted octanol–water partition coefficient (Wildman–Crippen LogP) is 4.65. The Bertz CT molecular complexity index is 1190. The number of esters is 1. The Hall–Kier alpha value is -4.04. The van der Waals surface area contributed by atoms with E-state index in [-0.39, 0.29) is 0 Å². The third-order valence-electron chi connectivity index (χ3n) is 4.69. The number of hydrogen-bond acceptors (Lipinski definition) is 6. The fourth-order valence-electron chi connectivity index (χ4n) is 2.95. The zero-order valence-electron chi connectivity index (χ0n) is 18.1. The smallest absolute Gasteiger partial charge is 0.337 e. The van der Waals surface area contributed by atoms with Gasteiger partial charge in [-0.15, -0.1) is 0 Å². The molecular formula is C24H21ClN2O6. The molecule has 2 amide bonds. The molecule has 2 N–H and O–H groups in total. The molecule has 9 heteroatoms. The van der Waals surface area contributed by atoms with Gasteiger partial charge in [0.25, 0.3) is 11.8 Å². The largest absolute Gasteiger partial charge is 0.493 e. The van der Waals surface area contributed by atoms with Crippen LogP contribution in [0.3, 0.4) is 0 Å². The predicted molar refractivity (Wildman–Crippen MR) is 125 cm³/mol. The number of benzene rings is 3. The van der Waals surface area contributed by atoms with Gasteiger partial charge >= 0.3 is 5.97 Å². The number of amides is 2. The topological polar surface area (TPSA) is 103 Å². The van der Waals surface area contributed by atoms with E-state index in [1.807, 2.05) is 0 Å². The van der Waals surface area contributed by atoms with Crippen LogP contribution in [0.1, 0.15) is 31.1 Å². The second-order valence-corrected chi connectivity index (χ2v) is 7.15. The molecule has 0 fully saturated rings. The van der Waals surface area contributed by atoms with Crippen molar-refractivity contribution in [2.75, 3.05) is 32.0 Å². The van der Waals surface area contributed by atoms with Crippen LogP contribution < -0.4 is 20.1 Å². The fraction of sp³-hybridized carbons (Fsp3) is 0.125. The molecule has 3 aromatic carbocycles. The zero-order chi connectivity index (χ0) is 24.0. The molecule has 0 spiro atoms. The number of halogens is 1. The second-order valence-electron chi connectivity index (χ2n) is 6.74. The van der Waals surface area contributed by atoms with E-state index in [1.54, 1.807) is 36.4 Å². The first-order chi connectivity index (χ1) is 15.9. The van der Waals surface area contributed by atoms with Crippen molar-refractivity contribution in [3.63, 3.8) is 0 Å². The highest BCUT2D eigenvalue weighted by molar-refractivity contribution is 6.34. The van der Waals surface area contributed by atoms with E-state index in [9.17, 15) is 14.4 Å². The molecule has 33 heavy (non-hydrogen) atoms. The van der Waals surface area contributed by atoms with Crippen molar-refractivity contribution < 1.29 is 28.6 Å². The van der Waals surface area contributed by atoms with Gasteiger partial charge in [-0.25, -0.2) is 4.79 Å². The first-order valence-electron chi connectivity index (χ1n) is 9.69. The summed E-state index contributed by atoms with van der Waals surface area (Å²) in [5.74, 6) is -0.396. The van der Waals surface area contributed by atoms with Gasteiger partial charge in [0.2, 0.25) is 0 Å². The van der Waals surface area contributed by atoms with Gasteiger partial charge < -0.3 is 24.8 Å². The number of ether oxygens (including phenoxy) is 3. The van der Waals surface area contributed by atoms with E-state index in [0.717, 1.165) is 0 Å². The summed E-state index contributed by atoms with van der Waals surface area (Å²) in [6.45, 7) is 0. The molecule has 8 nitrogen and oxygen atoms in total. The standard InChI is InChI=1S/C24H21ClN2O6/c1-31-20-11-8-16(12-21(20)32-2)23(29)27-19-13-17(9-10-18(19)25)26-22(28)14-4-6-15(7-5-14)24(30)33-3/h4-13H,1-3H3,(H,26,28)(H,27,29). The summed E-state index contributed by atoms with van der Waals surface area (Å²) in [4.78, 5) is 36.8. The van der Waals surface area contributed by atoms with Gasteiger partial charge in [-0.2, -0.15) is 0 Å². The number of anilines is 2. The van der Waals surface area contributed by atoms with Gasteiger partial charge in [0.1, 0.15) is 0 Å². The number of nitrogens with one attached hydrogen (secondary N) is 2. The van der Waals surface area contributed by atoms with Gasteiger partial charge in [-0.3, -0.25) is 9.59 Å². The zero-order valence-corrected chi connectivity index (χ0v) is 18.9. The number of carbonyl (C=O) groups is 3. The lowest BCUT2D eigenvalue weighted by Gasteiger charge is -2.12. The van der Waals surface area contributed by atoms with Crippen LogP contribution >= 0.6 is 11.6 Å². The summed E-state index contributed by atoms with van der Waals surface area (Å²) < 4.78 is 15.1. The molecule has 0 bridgehead atoms. The number of rotatable bonds is 7. The minimum Gasteiger partial charge on any atom is -0.493 e. The molecule has 0 saturated heterocycles. The molecule has 0 aliphatic heterocycles. The average molecular weight is 469 g/mol. The Kier molecular flexibility index (Phi) is 7.53. The van der Waals surface area contributed by atoms with Crippen LogP contribution in [0.25, 0.3) is 0 Å². The second kappa shape index (κ2) is 10.5. The van der Waals surface area contributed by atoms with Crippen LogP contribution in [-0.2, 0) is 4.74 Å². The quantitative estimate of drug-likeness (QED) is 0.489. The van der Waals surface area contributed by atoms with Gasteiger partial charge in [0.05, 0.1) is 37.6 Å². The minimum atomic E-state index is -0.491. The summed E-state index contributed by atoms with van der Waals surface area (Å²) in [7, 11) is 4.27. The maximum atomic E-state index is 12.7. The highest BCUT2D eigenvalue weighted by Crippen LogP contribution is 2.30. The van der Waals surface area contributed by atoms with Gasteiger partial charge in [0.15, 0.2) is 11.5 Å². The number of methoxy groups -OCH3 is 3. The van der Waals surface area contributed by atoms with Crippen LogP contribution in [0.5, 0.6) is 11.5 Å². The number of hydrogen-bond donors (Lipinski definition) is 2. The van der Waals surface area contributed by atoms with Crippen LogP contribution in [0.15, 0.2) is 60.7 Å². The average Bonchev–Trinajstić information content (AvgIpc) is 2.85. The minimum absolute atomic E-state index is 0.296. The molecule has 0 unspecified atom stereocenters. The Morgan fingerprint density at radius 1 is 0.697 bits per heavy atom. The first-order valence-corrected chi connectivity index (χ1v) is 10.1. The van der Waals surface area contributed by atoms with Crippen LogP contribution in [0.4, 0.5) is 11.4 Å².